The summed E-state index contributed by atoms with van der Waals surface area (Å²) >= 11 is 0. The molecule has 0 radical (unpaired) electrons. The van der Waals surface area contributed by atoms with Crippen molar-refractivity contribution < 1.29 is 14.2 Å². The molecule has 1 fully saturated rings. The first-order valence-electron chi connectivity index (χ1n) is 10.3. The molecule has 4 nitrogen and oxygen atoms in total. The van der Waals surface area contributed by atoms with Crippen molar-refractivity contribution in [2.24, 2.45) is 0 Å². The van der Waals surface area contributed by atoms with Crippen LogP contribution in [-0.4, -0.2) is 32.1 Å². The molecule has 0 bridgehead atoms. The summed E-state index contributed by atoms with van der Waals surface area (Å²) in [5.41, 5.74) is 3.63. The lowest BCUT2D eigenvalue weighted by Crippen LogP contribution is -2.38. The topological polar surface area (TPSA) is 39.7 Å². The van der Waals surface area contributed by atoms with Crippen LogP contribution >= 0.6 is 0 Å². The van der Waals surface area contributed by atoms with Crippen LogP contribution < -0.4 is 5.32 Å². The maximum absolute atomic E-state index is 6.40. The normalized spacial score (nSPS) is 22.0. The van der Waals surface area contributed by atoms with Crippen molar-refractivity contribution in [1.82, 2.24) is 5.32 Å². The van der Waals surface area contributed by atoms with Crippen LogP contribution in [-0.2, 0) is 20.8 Å². The highest BCUT2D eigenvalue weighted by atomic mass is 16.7. The second-order valence-corrected chi connectivity index (χ2v) is 7.66. The molecular formula is C24H33NO3. The van der Waals surface area contributed by atoms with Gasteiger partial charge in [-0.25, -0.2) is 0 Å². The molecule has 0 spiro atoms. The molecule has 1 heterocycles. The number of nitrogens with one attached hydrogen (secondary N) is 1. The predicted octanol–water partition coefficient (Wildman–Crippen LogP) is 4.77. The first kappa shape index (κ1) is 21.0. The molecule has 2 aromatic carbocycles. The summed E-state index contributed by atoms with van der Waals surface area (Å²) in [5, 5.41) is 3.32. The van der Waals surface area contributed by atoms with E-state index in [2.05, 4.69) is 67.7 Å². The van der Waals surface area contributed by atoms with E-state index in [4.69, 9.17) is 14.2 Å². The van der Waals surface area contributed by atoms with Crippen LogP contribution in [0.3, 0.4) is 0 Å². The van der Waals surface area contributed by atoms with E-state index in [1.54, 1.807) is 0 Å². The van der Waals surface area contributed by atoms with Gasteiger partial charge in [0, 0.05) is 6.04 Å². The van der Waals surface area contributed by atoms with Gasteiger partial charge in [-0.15, -0.1) is 0 Å². The fourth-order valence-electron chi connectivity index (χ4n) is 3.52. The monoisotopic (exact) mass is 383 g/mol. The zero-order valence-corrected chi connectivity index (χ0v) is 17.3. The van der Waals surface area contributed by atoms with Gasteiger partial charge >= 0.3 is 0 Å². The van der Waals surface area contributed by atoms with E-state index in [-0.39, 0.29) is 24.5 Å². The Balaban J connectivity index is 1.51. The summed E-state index contributed by atoms with van der Waals surface area (Å²) in [5.74, 6) is 0. The number of rotatable bonds is 9. The highest BCUT2D eigenvalue weighted by Gasteiger charge is 2.28. The molecule has 0 saturated carbocycles. The summed E-state index contributed by atoms with van der Waals surface area (Å²) in [6.45, 7) is 5.46. The quantitative estimate of drug-likeness (QED) is 0.677. The van der Waals surface area contributed by atoms with Gasteiger partial charge in [-0.2, -0.15) is 0 Å². The van der Waals surface area contributed by atoms with Crippen LogP contribution in [0.5, 0.6) is 0 Å². The third kappa shape index (κ3) is 6.14. The third-order valence-electron chi connectivity index (χ3n) is 5.34. The SMILES string of the molecule is CNC(C)C(OC1CCCC(COCc2ccc(C)cc2)O1)c1ccccc1. The van der Waals surface area contributed by atoms with Crippen molar-refractivity contribution in [2.75, 3.05) is 13.7 Å². The lowest BCUT2D eigenvalue weighted by atomic mass is 10.0. The van der Waals surface area contributed by atoms with Gasteiger partial charge in [0.05, 0.1) is 19.3 Å². The smallest absolute Gasteiger partial charge is 0.158 e. The second kappa shape index (κ2) is 10.7. The Labute approximate surface area is 169 Å². The highest BCUT2D eigenvalue weighted by Crippen LogP contribution is 2.28. The Kier molecular flexibility index (Phi) is 8.04. The Morgan fingerprint density at radius 1 is 1.07 bits per heavy atom. The molecule has 1 aliphatic heterocycles. The third-order valence-corrected chi connectivity index (χ3v) is 5.34. The molecule has 2 aromatic rings. The van der Waals surface area contributed by atoms with Crippen LogP contribution in [0.4, 0.5) is 0 Å². The highest BCUT2D eigenvalue weighted by molar-refractivity contribution is 5.20. The fraction of sp³-hybridized carbons (Fsp3) is 0.500. The summed E-state index contributed by atoms with van der Waals surface area (Å²) in [6.07, 6.45) is 2.90. The molecule has 4 unspecified atom stereocenters. The summed E-state index contributed by atoms with van der Waals surface area (Å²) in [7, 11) is 1.97. The maximum Gasteiger partial charge on any atom is 0.158 e. The van der Waals surface area contributed by atoms with Gasteiger partial charge in [-0.05, 0) is 51.3 Å². The summed E-state index contributed by atoms with van der Waals surface area (Å²) < 4.78 is 18.5. The van der Waals surface area contributed by atoms with E-state index in [0.717, 1.165) is 19.3 Å². The average molecular weight is 384 g/mol. The second-order valence-electron chi connectivity index (χ2n) is 7.66. The van der Waals surface area contributed by atoms with Gasteiger partial charge < -0.3 is 19.5 Å². The van der Waals surface area contributed by atoms with Crippen molar-refractivity contribution in [2.45, 2.75) is 64.3 Å². The lowest BCUT2D eigenvalue weighted by Gasteiger charge is -2.34. The van der Waals surface area contributed by atoms with E-state index in [1.807, 2.05) is 13.1 Å². The maximum atomic E-state index is 6.40. The largest absolute Gasteiger partial charge is 0.374 e. The Morgan fingerprint density at radius 2 is 1.82 bits per heavy atom. The Bertz CT molecular complexity index is 689. The fourth-order valence-corrected chi connectivity index (χ4v) is 3.52. The van der Waals surface area contributed by atoms with Crippen LogP contribution in [0.15, 0.2) is 54.6 Å². The van der Waals surface area contributed by atoms with Crippen LogP contribution in [0.2, 0.25) is 0 Å². The average Bonchev–Trinajstić information content (AvgIpc) is 2.74. The molecule has 0 amide bonds. The van der Waals surface area contributed by atoms with Gasteiger partial charge in [-0.1, -0.05) is 60.2 Å². The molecule has 3 rings (SSSR count). The summed E-state index contributed by atoms with van der Waals surface area (Å²) in [6, 6.07) is 19.0. The van der Waals surface area contributed by atoms with Crippen molar-refractivity contribution in [3.05, 3.63) is 71.3 Å². The van der Waals surface area contributed by atoms with E-state index >= 15 is 0 Å². The molecule has 152 valence electrons. The Morgan fingerprint density at radius 3 is 2.54 bits per heavy atom. The molecular weight excluding hydrogens is 350 g/mol. The zero-order chi connectivity index (χ0) is 19.8. The molecule has 0 aliphatic carbocycles. The van der Waals surface area contributed by atoms with E-state index < -0.39 is 0 Å². The summed E-state index contributed by atoms with van der Waals surface area (Å²) in [4.78, 5) is 0. The van der Waals surface area contributed by atoms with Crippen molar-refractivity contribution in [3.8, 4) is 0 Å². The van der Waals surface area contributed by atoms with Crippen molar-refractivity contribution >= 4 is 0 Å². The number of hydrogen-bond acceptors (Lipinski definition) is 4. The Hall–Kier alpha value is -1.72. The molecule has 1 N–H and O–H groups in total. The van der Waals surface area contributed by atoms with Gasteiger partial charge in [0.1, 0.15) is 6.10 Å². The molecule has 4 atom stereocenters. The number of likely N-dealkylation sites (N-methyl/N-ethyl adjacent to an activating group) is 1. The van der Waals surface area contributed by atoms with Gasteiger partial charge in [0.25, 0.3) is 0 Å². The molecule has 4 heteroatoms. The van der Waals surface area contributed by atoms with Gasteiger partial charge in [0.15, 0.2) is 6.29 Å². The van der Waals surface area contributed by atoms with Crippen molar-refractivity contribution in [1.29, 1.82) is 0 Å². The zero-order valence-electron chi connectivity index (χ0n) is 17.3. The van der Waals surface area contributed by atoms with Crippen LogP contribution in [0.25, 0.3) is 0 Å². The first-order chi connectivity index (χ1) is 13.7. The standard InChI is InChI=1S/C24H33NO3/c1-18-12-14-20(15-13-18)16-26-17-22-10-7-11-23(27-22)28-24(19(2)25-3)21-8-5-4-6-9-21/h4-6,8-9,12-15,19,22-25H,7,10-11,16-17H2,1-3H3. The van der Waals surface area contributed by atoms with Gasteiger partial charge in [0.2, 0.25) is 0 Å². The minimum atomic E-state index is -0.192. The molecule has 1 aliphatic rings. The van der Waals surface area contributed by atoms with E-state index in [1.165, 1.54) is 16.7 Å². The van der Waals surface area contributed by atoms with Crippen LogP contribution in [0, 0.1) is 6.92 Å². The van der Waals surface area contributed by atoms with Gasteiger partial charge in [-0.3, -0.25) is 0 Å². The predicted molar refractivity (Wildman–Crippen MR) is 112 cm³/mol. The minimum Gasteiger partial charge on any atom is -0.374 e. The number of benzene rings is 2. The van der Waals surface area contributed by atoms with E-state index in [0.29, 0.717) is 13.2 Å². The molecule has 0 aromatic heterocycles. The van der Waals surface area contributed by atoms with Crippen LogP contribution in [0.1, 0.15) is 49.0 Å². The number of ether oxygens (including phenoxy) is 3. The molecule has 28 heavy (non-hydrogen) atoms. The van der Waals surface area contributed by atoms with Crippen molar-refractivity contribution in [3.63, 3.8) is 0 Å². The minimum absolute atomic E-state index is 0.0385. The molecule has 1 saturated heterocycles. The number of hydrogen-bond donors (Lipinski definition) is 1. The first-order valence-corrected chi connectivity index (χ1v) is 10.3. The number of aryl methyl sites for hydroxylation is 1. The van der Waals surface area contributed by atoms with E-state index in [9.17, 15) is 0 Å². The lowest BCUT2D eigenvalue weighted by molar-refractivity contribution is -0.229.